The summed E-state index contributed by atoms with van der Waals surface area (Å²) < 4.78 is 25.4. The molecule has 1 heterocycles. The van der Waals surface area contributed by atoms with Gasteiger partial charge in [0.25, 0.3) is 0 Å². The smallest absolute Gasteiger partial charge is 0.417 e. The molecule has 1 rings (SSSR count). The van der Waals surface area contributed by atoms with E-state index >= 15 is 0 Å². The summed E-state index contributed by atoms with van der Waals surface area (Å²) >= 11 is 0. The Kier molecular flexibility index (Phi) is 8.09. The maximum Gasteiger partial charge on any atom is 0.490 e. The van der Waals surface area contributed by atoms with Gasteiger partial charge in [-0.05, 0) is 84.7 Å². The molecular weight excluding hydrogens is 383 g/mol. The molecule has 0 saturated carbocycles. The zero-order valence-corrected chi connectivity index (χ0v) is 22.8. The Bertz CT molecular complexity index is 547. The van der Waals surface area contributed by atoms with E-state index in [4.69, 9.17) is 18.2 Å². The van der Waals surface area contributed by atoms with Crippen LogP contribution in [0.25, 0.3) is 0 Å². The van der Waals surface area contributed by atoms with Gasteiger partial charge in [-0.3, -0.25) is 0 Å². The van der Waals surface area contributed by atoms with Crippen LogP contribution in [0.3, 0.4) is 0 Å². The predicted molar refractivity (Wildman–Crippen MR) is 126 cm³/mol. The van der Waals surface area contributed by atoms with E-state index in [1.54, 1.807) is 0 Å². The van der Waals surface area contributed by atoms with Crippen molar-refractivity contribution in [3.63, 3.8) is 0 Å². The monoisotopic (exact) mass is 428 g/mol. The van der Waals surface area contributed by atoms with Crippen LogP contribution in [-0.2, 0) is 18.2 Å². The van der Waals surface area contributed by atoms with Crippen molar-refractivity contribution < 1.29 is 18.2 Å². The Morgan fingerprint density at radius 3 is 1.86 bits per heavy atom. The van der Waals surface area contributed by atoms with Gasteiger partial charge in [-0.25, -0.2) is 0 Å². The van der Waals surface area contributed by atoms with Crippen LogP contribution in [0.1, 0.15) is 68.7 Å². The van der Waals surface area contributed by atoms with E-state index in [0.717, 1.165) is 11.9 Å². The quantitative estimate of drug-likeness (QED) is 0.436. The molecule has 0 aromatic rings. The zero-order valence-electron chi connectivity index (χ0n) is 20.8. The maximum absolute atomic E-state index is 6.45. The van der Waals surface area contributed by atoms with E-state index in [1.165, 1.54) is 0 Å². The normalized spacial score (nSPS) is 20.9. The fraction of sp³-hybridized carbons (Fsp3) is 0.905. The molecule has 28 heavy (non-hydrogen) atoms. The van der Waals surface area contributed by atoms with Gasteiger partial charge in [0.2, 0.25) is 8.32 Å². The van der Waals surface area contributed by atoms with Gasteiger partial charge in [0.05, 0.1) is 11.2 Å². The van der Waals surface area contributed by atoms with Crippen LogP contribution in [0, 0.1) is 0 Å². The highest BCUT2D eigenvalue weighted by Gasteiger charge is 2.52. The van der Waals surface area contributed by atoms with Gasteiger partial charge in [-0.1, -0.05) is 26.5 Å². The van der Waals surface area contributed by atoms with E-state index < -0.39 is 16.6 Å². The van der Waals surface area contributed by atoms with Crippen molar-refractivity contribution in [1.82, 2.24) is 0 Å². The molecule has 0 aromatic heterocycles. The third-order valence-corrected chi connectivity index (χ3v) is 13.0. The molecule has 0 amide bonds. The summed E-state index contributed by atoms with van der Waals surface area (Å²) in [6.07, 6.45) is 1.02. The Morgan fingerprint density at radius 1 is 1.00 bits per heavy atom. The summed E-state index contributed by atoms with van der Waals surface area (Å²) in [5.74, 6) is 0. The molecule has 0 N–H and O–H groups in total. The molecule has 0 unspecified atom stereocenters. The lowest BCUT2D eigenvalue weighted by Gasteiger charge is -2.36. The van der Waals surface area contributed by atoms with Crippen LogP contribution >= 0.6 is 0 Å². The summed E-state index contributed by atoms with van der Waals surface area (Å²) in [5.41, 5.74) is 2.78. The Balaban J connectivity index is 3.04. The standard InChI is InChI=1S/C21H45BO4Si2/c1-17(2)24-27(10,11)16-18(14-15-23-28(12,13)19(3,4)5)22-25-20(6,7)21(8,9)26-22/h16-17H,14-15H2,1-13H3/b18-16-. The molecule has 7 heteroatoms. The average molecular weight is 429 g/mol. The highest BCUT2D eigenvalue weighted by Crippen LogP contribution is 2.40. The van der Waals surface area contributed by atoms with Gasteiger partial charge in [-0.15, -0.1) is 0 Å². The molecule has 1 aliphatic heterocycles. The lowest BCUT2D eigenvalue weighted by atomic mass is 9.77. The van der Waals surface area contributed by atoms with Crippen molar-refractivity contribution in [2.24, 2.45) is 0 Å². The largest absolute Gasteiger partial charge is 0.490 e. The summed E-state index contributed by atoms with van der Waals surface area (Å²) in [4.78, 5) is 0. The first-order valence-electron chi connectivity index (χ1n) is 10.7. The van der Waals surface area contributed by atoms with Crippen molar-refractivity contribution in [2.75, 3.05) is 6.61 Å². The second-order valence-corrected chi connectivity index (χ2v) is 20.0. The fourth-order valence-corrected chi connectivity index (χ4v) is 6.48. The third-order valence-electron chi connectivity index (χ3n) is 6.29. The topological polar surface area (TPSA) is 36.9 Å². The molecule has 0 aliphatic carbocycles. The fourth-order valence-electron chi connectivity index (χ4n) is 2.98. The molecule has 1 fully saturated rings. The number of hydrogen-bond acceptors (Lipinski definition) is 4. The van der Waals surface area contributed by atoms with Crippen molar-refractivity contribution >= 4 is 23.8 Å². The Labute approximate surface area is 177 Å². The first kappa shape index (κ1) is 26.1. The van der Waals surface area contributed by atoms with Crippen LogP contribution in [0.5, 0.6) is 0 Å². The third kappa shape index (κ3) is 6.81. The molecule has 4 nitrogen and oxygen atoms in total. The SMILES string of the molecule is CC(C)O[Si](C)(C)/C=C(/CCO[Si](C)(C)C(C)(C)C)B1OC(C)(C)C(C)(C)O1. The minimum Gasteiger partial charge on any atom is -0.417 e. The molecule has 1 saturated heterocycles. The van der Waals surface area contributed by atoms with Crippen LogP contribution < -0.4 is 0 Å². The lowest BCUT2D eigenvalue weighted by molar-refractivity contribution is 0.00578. The molecule has 1 aliphatic rings. The van der Waals surface area contributed by atoms with Gasteiger partial charge in [0.15, 0.2) is 8.32 Å². The van der Waals surface area contributed by atoms with Crippen molar-refractivity contribution in [3.05, 3.63) is 11.2 Å². The molecule has 0 spiro atoms. The van der Waals surface area contributed by atoms with Gasteiger partial charge in [0, 0.05) is 12.7 Å². The van der Waals surface area contributed by atoms with Crippen LogP contribution in [-0.4, -0.2) is 47.7 Å². The first-order valence-corrected chi connectivity index (χ1v) is 16.6. The molecule has 164 valence electrons. The highest BCUT2D eigenvalue weighted by molar-refractivity contribution is 6.78. The van der Waals surface area contributed by atoms with Gasteiger partial charge in [0.1, 0.15) is 0 Å². The molecule has 0 radical (unpaired) electrons. The second kappa shape index (κ2) is 8.67. The van der Waals surface area contributed by atoms with Crippen molar-refractivity contribution in [2.45, 2.75) is 117 Å². The molecule has 0 aromatic carbocycles. The van der Waals surface area contributed by atoms with Crippen LogP contribution in [0.15, 0.2) is 11.2 Å². The summed E-state index contributed by atoms with van der Waals surface area (Å²) in [6.45, 7) is 29.2. The van der Waals surface area contributed by atoms with Crippen molar-refractivity contribution in [1.29, 1.82) is 0 Å². The predicted octanol–water partition coefficient (Wildman–Crippen LogP) is 6.13. The average Bonchev–Trinajstić information content (AvgIpc) is 2.63. The summed E-state index contributed by atoms with van der Waals surface area (Å²) in [7, 11) is -4.11. The van der Waals surface area contributed by atoms with Gasteiger partial charge in [-0.2, -0.15) is 0 Å². The molecule has 0 atom stereocenters. The highest BCUT2D eigenvalue weighted by atomic mass is 28.4. The zero-order chi connectivity index (χ0) is 22.2. The van der Waals surface area contributed by atoms with Gasteiger partial charge >= 0.3 is 7.12 Å². The van der Waals surface area contributed by atoms with E-state index in [-0.39, 0.29) is 29.5 Å². The van der Waals surface area contributed by atoms with E-state index in [9.17, 15) is 0 Å². The van der Waals surface area contributed by atoms with E-state index in [1.807, 2.05) is 0 Å². The summed E-state index contributed by atoms with van der Waals surface area (Å²) in [5, 5.41) is 0.204. The van der Waals surface area contributed by atoms with Crippen LogP contribution in [0.2, 0.25) is 31.2 Å². The Hall–Kier alpha value is 0.0787. The van der Waals surface area contributed by atoms with Crippen molar-refractivity contribution in [3.8, 4) is 0 Å². The molecule has 0 bridgehead atoms. The minimum atomic E-state index is -1.99. The van der Waals surface area contributed by atoms with Gasteiger partial charge < -0.3 is 18.2 Å². The second-order valence-electron chi connectivity index (χ2n) is 11.4. The maximum atomic E-state index is 6.45. The summed E-state index contributed by atoms with van der Waals surface area (Å²) in [6, 6.07) is 0. The Morgan fingerprint density at radius 2 is 1.46 bits per heavy atom. The minimum absolute atomic E-state index is 0.204. The van der Waals surface area contributed by atoms with E-state index in [2.05, 4.69) is 94.2 Å². The van der Waals surface area contributed by atoms with Crippen LogP contribution in [0.4, 0.5) is 0 Å². The first-order chi connectivity index (χ1) is 12.3. The number of rotatable bonds is 8. The van der Waals surface area contributed by atoms with E-state index in [0.29, 0.717) is 6.61 Å². The molecular formula is C21H45BO4Si2. The lowest BCUT2D eigenvalue weighted by Crippen LogP contribution is -2.41. The number of hydrogen-bond donors (Lipinski definition) is 0.